The van der Waals surface area contributed by atoms with Gasteiger partial charge < -0.3 is 4.74 Å². The molecular weight excluding hydrogens is 104 g/mol. The summed E-state index contributed by atoms with van der Waals surface area (Å²) >= 11 is 0. The molecule has 0 spiro atoms. The number of nitrogens with zero attached hydrogens (tertiary/aromatic N) is 1. The van der Waals surface area contributed by atoms with Crippen LogP contribution in [0.15, 0.2) is 0 Å². The van der Waals surface area contributed by atoms with Gasteiger partial charge in [-0.15, -0.1) is 0 Å². The number of halogens is 2. The maximum Gasteiger partial charge on any atom is 0.447 e. The van der Waals surface area contributed by atoms with Crippen molar-refractivity contribution in [2.75, 3.05) is 7.11 Å². The Morgan fingerprint density at radius 3 is 2.14 bits per heavy atom. The lowest BCUT2D eigenvalue weighted by atomic mass is 10.7. The molecule has 0 rings (SSSR count). The van der Waals surface area contributed by atoms with Gasteiger partial charge in [0.05, 0.1) is 0 Å². The first-order valence-corrected chi connectivity index (χ1v) is 1.46. The summed E-state index contributed by atoms with van der Waals surface area (Å²) in [6.07, 6.45) is -3.61. The summed E-state index contributed by atoms with van der Waals surface area (Å²) in [6, 6.07) is 0.635. The van der Waals surface area contributed by atoms with E-state index < -0.39 is 6.11 Å². The third kappa shape index (κ3) is 2.06. The van der Waals surface area contributed by atoms with Gasteiger partial charge in [-0.3, -0.25) is 0 Å². The molecule has 0 aliphatic rings. The van der Waals surface area contributed by atoms with Gasteiger partial charge in [-0.05, 0) is 0 Å². The zero-order valence-corrected chi connectivity index (χ0v) is 3.61. The van der Waals surface area contributed by atoms with Gasteiger partial charge in [-0.1, -0.05) is 0 Å². The van der Waals surface area contributed by atoms with E-state index in [0.29, 0.717) is 6.07 Å². The van der Waals surface area contributed by atoms with E-state index in [4.69, 9.17) is 5.26 Å². The quantitative estimate of drug-likeness (QED) is 0.495. The standard InChI is InChI=1S/C3H3F2NO/c1-7-3(4,5)2-6/h1H3. The van der Waals surface area contributed by atoms with Crippen LogP contribution in [0.5, 0.6) is 0 Å². The molecule has 0 aromatic rings. The molecule has 0 aromatic heterocycles. The second-order valence-corrected chi connectivity index (χ2v) is 0.833. The molecule has 0 N–H and O–H groups in total. The van der Waals surface area contributed by atoms with Crippen molar-refractivity contribution in [1.82, 2.24) is 0 Å². The summed E-state index contributed by atoms with van der Waals surface area (Å²) in [6.45, 7) is 0. The summed E-state index contributed by atoms with van der Waals surface area (Å²) in [5.74, 6) is 0. The first kappa shape index (κ1) is 6.31. The van der Waals surface area contributed by atoms with Crippen molar-refractivity contribution in [3.8, 4) is 6.07 Å². The van der Waals surface area contributed by atoms with Crippen LogP contribution in [0.4, 0.5) is 8.78 Å². The zero-order valence-electron chi connectivity index (χ0n) is 3.61. The molecule has 40 valence electrons. The first-order valence-electron chi connectivity index (χ1n) is 1.46. The molecule has 4 heteroatoms. The zero-order chi connectivity index (χ0) is 5.91. The minimum absolute atomic E-state index is 0.635. The Bertz CT molecular complexity index is 95.6. The summed E-state index contributed by atoms with van der Waals surface area (Å²) in [5.41, 5.74) is 0. The lowest BCUT2D eigenvalue weighted by Gasteiger charge is -1.99. The smallest absolute Gasteiger partial charge is 0.312 e. The van der Waals surface area contributed by atoms with Crippen molar-refractivity contribution in [2.45, 2.75) is 6.11 Å². The fourth-order valence-corrected chi connectivity index (χ4v) is 0.0456. The molecule has 2 nitrogen and oxygen atoms in total. The van der Waals surface area contributed by atoms with E-state index in [1.54, 1.807) is 0 Å². The molecular formula is C3H3F2NO. The van der Waals surface area contributed by atoms with Crippen molar-refractivity contribution in [3.63, 3.8) is 0 Å². The Morgan fingerprint density at radius 2 is 2.14 bits per heavy atom. The third-order valence-corrected chi connectivity index (χ3v) is 0.387. The highest BCUT2D eigenvalue weighted by atomic mass is 19.3. The fourth-order valence-electron chi connectivity index (χ4n) is 0.0456. The number of rotatable bonds is 1. The van der Waals surface area contributed by atoms with E-state index in [0.717, 1.165) is 7.11 Å². The molecule has 0 amide bonds. The Hall–Kier alpha value is -0.690. The largest absolute Gasteiger partial charge is 0.447 e. The van der Waals surface area contributed by atoms with Crippen molar-refractivity contribution < 1.29 is 13.5 Å². The van der Waals surface area contributed by atoms with Crippen LogP contribution in [0.3, 0.4) is 0 Å². The molecule has 0 saturated carbocycles. The molecule has 0 atom stereocenters. The molecule has 0 aliphatic heterocycles. The van der Waals surface area contributed by atoms with Crippen molar-refractivity contribution in [3.05, 3.63) is 0 Å². The SMILES string of the molecule is COC(F)(F)C#N. The van der Waals surface area contributed by atoms with E-state index in [2.05, 4.69) is 4.74 Å². The van der Waals surface area contributed by atoms with E-state index >= 15 is 0 Å². The van der Waals surface area contributed by atoms with Crippen LogP contribution in [-0.4, -0.2) is 13.2 Å². The van der Waals surface area contributed by atoms with Gasteiger partial charge in [0.15, 0.2) is 6.07 Å². The molecule has 0 unspecified atom stereocenters. The number of ether oxygens (including phenoxy) is 1. The Labute approximate surface area is 39.3 Å². The Kier molecular flexibility index (Phi) is 1.66. The molecule has 0 bridgehead atoms. The topological polar surface area (TPSA) is 33.0 Å². The van der Waals surface area contributed by atoms with Gasteiger partial charge in [0.25, 0.3) is 0 Å². The van der Waals surface area contributed by atoms with Crippen molar-refractivity contribution in [1.29, 1.82) is 5.26 Å². The van der Waals surface area contributed by atoms with Gasteiger partial charge in [0.1, 0.15) is 0 Å². The number of methoxy groups -OCH3 is 1. The maximum atomic E-state index is 11.3. The van der Waals surface area contributed by atoms with Crippen LogP contribution in [0.25, 0.3) is 0 Å². The molecule has 0 heterocycles. The highest BCUT2D eigenvalue weighted by Gasteiger charge is 2.26. The molecule has 0 aliphatic carbocycles. The third-order valence-electron chi connectivity index (χ3n) is 0.387. The first-order chi connectivity index (χ1) is 3.12. The van der Waals surface area contributed by atoms with Crippen LogP contribution in [-0.2, 0) is 4.74 Å². The summed E-state index contributed by atoms with van der Waals surface area (Å²) in [5, 5.41) is 7.47. The highest BCUT2D eigenvalue weighted by molar-refractivity contribution is 4.81. The normalized spacial score (nSPS) is 10.6. The van der Waals surface area contributed by atoms with Crippen LogP contribution in [0.2, 0.25) is 0 Å². The number of hydrogen-bond donors (Lipinski definition) is 0. The summed E-state index contributed by atoms with van der Waals surface area (Å²) in [7, 11) is 0.767. The van der Waals surface area contributed by atoms with E-state index in [1.165, 1.54) is 0 Å². The minimum Gasteiger partial charge on any atom is -0.312 e. The van der Waals surface area contributed by atoms with E-state index in [9.17, 15) is 8.78 Å². The molecule has 0 fully saturated rings. The average Bonchev–Trinajstić information content (AvgIpc) is 1.68. The molecule has 0 aromatic carbocycles. The minimum atomic E-state index is -3.61. The number of alkyl halides is 2. The van der Waals surface area contributed by atoms with Crippen LogP contribution < -0.4 is 0 Å². The Morgan fingerprint density at radius 1 is 1.71 bits per heavy atom. The van der Waals surface area contributed by atoms with Gasteiger partial charge >= 0.3 is 6.11 Å². The van der Waals surface area contributed by atoms with Gasteiger partial charge in [0.2, 0.25) is 0 Å². The number of hydrogen-bond acceptors (Lipinski definition) is 2. The highest BCUT2D eigenvalue weighted by Crippen LogP contribution is 2.09. The predicted octanol–water partition coefficient (Wildman–Crippen LogP) is 0.749. The average molecular weight is 107 g/mol. The van der Waals surface area contributed by atoms with Crippen LogP contribution in [0.1, 0.15) is 0 Å². The van der Waals surface area contributed by atoms with Gasteiger partial charge in [-0.25, -0.2) is 0 Å². The van der Waals surface area contributed by atoms with E-state index in [-0.39, 0.29) is 0 Å². The second kappa shape index (κ2) is 1.85. The summed E-state index contributed by atoms with van der Waals surface area (Å²) < 4.78 is 26.0. The molecule has 0 saturated heterocycles. The van der Waals surface area contributed by atoms with Crippen molar-refractivity contribution in [2.24, 2.45) is 0 Å². The fraction of sp³-hybridized carbons (Fsp3) is 0.667. The van der Waals surface area contributed by atoms with Gasteiger partial charge in [-0.2, -0.15) is 14.0 Å². The Balaban J connectivity index is 3.66. The number of nitriles is 1. The lowest BCUT2D eigenvalue weighted by Crippen LogP contribution is -2.14. The maximum absolute atomic E-state index is 11.3. The molecule has 0 radical (unpaired) electrons. The summed E-state index contributed by atoms with van der Waals surface area (Å²) in [4.78, 5) is 0. The van der Waals surface area contributed by atoms with E-state index in [1.807, 2.05) is 0 Å². The predicted molar refractivity (Wildman–Crippen MR) is 17.6 cm³/mol. The molecule has 7 heavy (non-hydrogen) atoms. The monoisotopic (exact) mass is 107 g/mol. The second-order valence-electron chi connectivity index (χ2n) is 0.833. The van der Waals surface area contributed by atoms with Crippen LogP contribution >= 0.6 is 0 Å². The van der Waals surface area contributed by atoms with Crippen LogP contribution in [0, 0.1) is 11.3 Å². The van der Waals surface area contributed by atoms with Crippen molar-refractivity contribution >= 4 is 0 Å². The van der Waals surface area contributed by atoms with Gasteiger partial charge in [0, 0.05) is 7.11 Å². The lowest BCUT2D eigenvalue weighted by molar-refractivity contribution is -0.173.